The zero-order chi connectivity index (χ0) is 23.3. The van der Waals surface area contributed by atoms with E-state index in [1.165, 1.54) is 0 Å². The number of aromatic amines is 1. The number of hydrogen-bond donors (Lipinski definition) is 2. The third kappa shape index (κ3) is 5.35. The lowest BCUT2D eigenvalue weighted by Crippen LogP contribution is -2.42. The Balaban J connectivity index is 1.28. The minimum Gasteiger partial charge on any atom is -0.467 e. The van der Waals surface area contributed by atoms with Crippen LogP contribution in [0.1, 0.15) is 17.7 Å². The SMILES string of the molecule is O=c1[nH]c2cc3c(cc2cc1CN(Cc1ccco1)C(=S)NCCCN1CCOCC1)OCO3. The van der Waals surface area contributed by atoms with Crippen LogP contribution in [-0.4, -0.2) is 66.1 Å². The summed E-state index contributed by atoms with van der Waals surface area (Å²) >= 11 is 5.71. The van der Waals surface area contributed by atoms with Gasteiger partial charge in [-0.25, -0.2) is 0 Å². The van der Waals surface area contributed by atoms with E-state index in [0.717, 1.165) is 57.0 Å². The van der Waals surface area contributed by atoms with Gasteiger partial charge in [-0.3, -0.25) is 9.69 Å². The van der Waals surface area contributed by atoms with Crippen molar-refractivity contribution in [1.29, 1.82) is 0 Å². The molecule has 1 fully saturated rings. The molecule has 0 atom stereocenters. The Morgan fingerprint density at radius 2 is 1.97 bits per heavy atom. The lowest BCUT2D eigenvalue weighted by atomic mass is 10.1. The zero-order valence-electron chi connectivity index (χ0n) is 18.9. The number of benzene rings is 1. The molecule has 9 nitrogen and oxygen atoms in total. The molecule has 2 aliphatic heterocycles. The fourth-order valence-corrected chi connectivity index (χ4v) is 4.42. The summed E-state index contributed by atoms with van der Waals surface area (Å²) in [4.78, 5) is 20.2. The van der Waals surface area contributed by atoms with Gasteiger partial charge in [0.1, 0.15) is 5.76 Å². The van der Waals surface area contributed by atoms with Crippen molar-refractivity contribution in [3.05, 3.63) is 58.3 Å². The molecule has 3 aromatic rings. The summed E-state index contributed by atoms with van der Waals surface area (Å²) < 4.78 is 21.9. The molecule has 180 valence electrons. The number of ether oxygens (including phenoxy) is 3. The summed E-state index contributed by atoms with van der Waals surface area (Å²) in [6.07, 6.45) is 2.61. The number of thiocarbonyl (C=S) groups is 1. The highest BCUT2D eigenvalue weighted by atomic mass is 32.1. The molecule has 0 radical (unpaired) electrons. The highest BCUT2D eigenvalue weighted by Gasteiger charge is 2.18. The Morgan fingerprint density at radius 3 is 2.76 bits per heavy atom. The molecule has 0 amide bonds. The normalized spacial score (nSPS) is 15.5. The fraction of sp³-hybridized carbons (Fsp3) is 0.417. The van der Waals surface area contributed by atoms with Gasteiger partial charge in [0.2, 0.25) is 6.79 Å². The largest absolute Gasteiger partial charge is 0.467 e. The van der Waals surface area contributed by atoms with E-state index in [0.29, 0.717) is 40.8 Å². The molecule has 2 aromatic heterocycles. The molecule has 10 heteroatoms. The van der Waals surface area contributed by atoms with Crippen LogP contribution in [0.5, 0.6) is 11.5 Å². The predicted octanol–water partition coefficient (Wildman–Crippen LogP) is 2.45. The number of hydrogen-bond acceptors (Lipinski definition) is 7. The second-order valence-corrected chi connectivity index (χ2v) is 8.78. The van der Waals surface area contributed by atoms with Crippen LogP contribution in [0.3, 0.4) is 0 Å². The average Bonchev–Trinajstić information content (AvgIpc) is 3.53. The van der Waals surface area contributed by atoms with Crippen LogP contribution in [0.25, 0.3) is 10.9 Å². The third-order valence-electron chi connectivity index (χ3n) is 6.02. The molecule has 34 heavy (non-hydrogen) atoms. The molecule has 2 N–H and O–H groups in total. The van der Waals surface area contributed by atoms with Crippen molar-refractivity contribution in [2.75, 3.05) is 46.2 Å². The highest BCUT2D eigenvalue weighted by Crippen LogP contribution is 2.35. The fourth-order valence-electron chi connectivity index (χ4n) is 4.19. The number of rotatable bonds is 8. The molecular formula is C24H28N4O5S. The second kappa shape index (κ2) is 10.5. The number of morpholine rings is 1. The van der Waals surface area contributed by atoms with Gasteiger partial charge >= 0.3 is 0 Å². The number of nitrogens with one attached hydrogen (secondary N) is 2. The van der Waals surface area contributed by atoms with Crippen LogP contribution in [0, 0.1) is 0 Å². The van der Waals surface area contributed by atoms with Crippen LogP contribution in [0.15, 0.2) is 45.8 Å². The summed E-state index contributed by atoms with van der Waals surface area (Å²) in [5.41, 5.74) is 1.15. The Kier molecular flexibility index (Phi) is 6.98. The topological polar surface area (TPSA) is 92.2 Å². The average molecular weight is 485 g/mol. The number of fused-ring (bicyclic) bond motifs is 2. The first kappa shape index (κ1) is 22.7. The van der Waals surface area contributed by atoms with E-state index >= 15 is 0 Å². The second-order valence-electron chi connectivity index (χ2n) is 8.39. The number of nitrogens with zero attached hydrogens (tertiary/aromatic N) is 2. The van der Waals surface area contributed by atoms with E-state index in [1.54, 1.807) is 12.3 Å². The van der Waals surface area contributed by atoms with Gasteiger partial charge in [0.25, 0.3) is 5.56 Å². The molecule has 0 saturated carbocycles. The Labute approximate surface area is 202 Å². The summed E-state index contributed by atoms with van der Waals surface area (Å²) in [6.45, 7) is 6.28. The molecule has 1 saturated heterocycles. The van der Waals surface area contributed by atoms with E-state index in [-0.39, 0.29) is 12.4 Å². The first-order chi connectivity index (χ1) is 16.7. The number of pyridine rings is 1. The van der Waals surface area contributed by atoms with Gasteiger partial charge in [0, 0.05) is 36.7 Å². The van der Waals surface area contributed by atoms with Gasteiger partial charge in [-0.1, -0.05) is 0 Å². The van der Waals surface area contributed by atoms with Crippen LogP contribution in [-0.2, 0) is 17.8 Å². The Bertz CT molecular complexity index is 1190. The molecule has 1 aromatic carbocycles. The van der Waals surface area contributed by atoms with E-state index < -0.39 is 0 Å². The van der Waals surface area contributed by atoms with Crippen molar-refractivity contribution in [3.63, 3.8) is 0 Å². The molecule has 0 spiro atoms. The summed E-state index contributed by atoms with van der Waals surface area (Å²) in [5, 5.41) is 4.82. The first-order valence-corrected chi connectivity index (χ1v) is 11.9. The number of furan rings is 1. The third-order valence-corrected chi connectivity index (χ3v) is 6.42. The molecule has 0 unspecified atom stereocenters. The van der Waals surface area contributed by atoms with Gasteiger partial charge in [-0.05, 0) is 49.4 Å². The Morgan fingerprint density at radius 1 is 1.15 bits per heavy atom. The van der Waals surface area contributed by atoms with Gasteiger partial charge in [0.05, 0.1) is 38.1 Å². The molecule has 5 rings (SSSR count). The maximum Gasteiger partial charge on any atom is 0.253 e. The standard InChI is InChI=1S/C24H28N4O5S/c29-23-18(11-17-12-21-22(33-16-32-21)13-20(17)26-23)14-28(15-19-3-1-8-31-19)24(34)25-4-2-5-27-6-9-30-10-7-27/h1,3,8,11-13H,2,4-7,9-10,14-16H2,(H,25,34)(H,26,29). The van der Waals surface area contributed by atoms with E-state index in [9.17, 15) is 4.79 Å². The predicted molar refractivity (Wildman–Crippen MR) is 131 cm³/mol. The smallest absolute Gasteiger partial charge is 0.253 e. The van der Waals surface area contributed by atoms with Crippen LogP contribution in [0.4, 0.5) is 0 Å². The van der Waals surface area contributed by atoms with Gasteiger partial charge in [-0.2, -0.15) is 0 Å². The minimum atomic E-state index is -0.161. The van der Waals surface area contributed by atoms with Crippen LogP contribution in [0.2, 0.25) is 0 Å². The first-order valence-electron chi connectivity index (χ1n) is 11.5. The monoisotopic (exact) mass is 484 g/mol. The summed E-state index contributed by atoms with van der Waals surface area (Å²) in [5.74, 6) is 2.09. The van der Waals surface area contributed by atoms with Gasteiger partial charge in [-0.15, -0.1) is 0 Å². The molecule has 0 bridgehead atoms. The maximum atomic E-state index is 12.9. The van der Waals surface area contributed by atoms with Gasteiger partial charge < -0.3 is 33.8 Å². The van der Waals surface area contributed by atoms with Crippen LogP contribution < -0.4 is 20.3 Å². The van der Waals surface area contributed by atoms with Crippen molar-refractivity contribution in [1.82, 2.24) is 20.1 Å². The zero-order valence-corrected chi connectivity index (χ0v) is 19.7. The van der Waals surface area contributed by atoms with E-state index in [4.69, 9.17) is 30.8 Å². The molecule has 2 aliphatic rings. The van der Waals surface area contributed by atoms with Gasteiger partial charge in [0.15, 0.2) is 16.6 Å². The maximum absolute atomic E-state index is 12.9. The summed E-state index contributed by atoms with van der Waals surface area (Å²) in [7, 11) is 0. The molecule has 0 aliphatic carbocycles. The van der Waals surface area contributed by atoms with Crippen LogP contribution >= 0.6 is 12.2 Å². The van der Waals surface area contributed by atoms with E-state index in [2.05, 4.69) is 15.2 Å². The van der Waals surface area contributed by atoms with Crippen molar-refractivity contribution < 1.29 is 18.6 Å². The molecular weight excluding hydrogens is 456 g/mol. The lowest BCUT2D eigenvalue weighted by molar-refractivity contribution is 0.0375. The quantitative estimate of drug-likeness (QED) is 0.369. The molecule has 4 heterocycles. The number of aromatic nitrogens is 1. The minimum absolute atomic E-state index is 0.161. The summed E-state index contributed by atoms with van der Waals surface area (Å²) in [6, 6.07) is 9.31. The number of H-pyrrole nitrogens is 1. The van der Waals surface area contributed by atoms with Crippen molar-refractivity contribution in [2.45, 2.75) is 19.5 Å². The Hall–Kier alpha value is -3.08. The lowest BCUT2D eigenvalue weighted by Gasteiger charge is -2.27. The van der Waals surface area contributed by atoms with E-state index in [1.807, 2.05) is 29.2 Å². The highest BCUT2D eigenvalue weighted by molar-refractivity contribution is 7.80. The van der Waals surface area contributed by atoms with Crippen molar-refractivity contribution in [3.8, 4) is 11.5 Å². The van der Waals surface area contributed by atoms with Crippen molar-refractivity contribution in [2.24, 2.45) is 0 Å². The van der Waals surface area contributed by atoms with Crippen molar-refractivity contribution >= 4 is 28.2 Å².